The van der Waals surface area contributed by atoms with Crippen LogP contribution in [0.1, 0.15) is 24.2 Å². The van der Waals surface area contributed by atoms with E-state index >= 15 is 0 Å². The van der Waals surface area contributed by atoms with Crippen molar-refractivity contribution in [3.05, 3.63) is 58.3 Å². The molecule has 0 fully saturated rings. The third-order valence-electron chi connectivity index (χ3n) is 3.25. The molecule has 2 aromatic rings. The fourth-order valence-electron chi connectivity index (χ4n) is 2.09. The molecular formula is C17H23N3OS. The van der Waals surface area contributed by atoms with Crippen LogP contribution >= 0.6 is 11.3 Å². The predicted molar refractivity (Wildman–Crippen MR) is 93.3 cm³/mol. The Morgan fingerprint density at radius 3 is 2.68 bits per heavy atom. The van der Waals surface area contributed by atoms with Crippen LogP contribution in [0, 0.1) is 0 Å². The summed E-state index contributed by atoms with van der Waals surface area (Å²) < 4.78 is 5.57. The van der Waals surface area contributed by atoms with Gasteiger partial charge in [0.25, 0.3) is 0 Å². The molecule has 0 saturated heterocycles. The number of aliphatic imine (C=N–C) groups is 1. The summed E-state index contributed by atoms with van der Waals surface area (Å²) in [7, 11) is 1.73. The number of rotatable bonds is 7. The van der Waals surface area contributed by atoms with Crippen LogP contribution in [-0.4, -0.2) is 26.2 Å². The van der Waals surface area contributed by atoms with Crippen molar-refractivity contribution in [2.75, 3.05) is 20.2 Å². The van der Waals surface area contributed by atoms with Crippen LogP contribution in [-0.2, 0) is 11.3 Å². The number of guanidine groups is 1. The van der Waals surface area contributed by atoms with Gasteiger partial charge in [0.2, 0.25) is 0 Å². The van der Waals surface area contributed by atoms with E-state index in [2.05, 4.69) is 51.5 Å². The number of thiophene rings is 1. The molecule has 0 saturated carbocycles. The molecule has 2 N–H and O–H groups in total. The molecule has 2 rings (SSSR count). The van der Waals surface area contributed by atoms with Crippen LogP contribution in [0.4, 0.5) is 0 Å². The van der Waals surface area contributed by atoms with Gasteiger partial charge in [0, 0.05) is 20.2 Å². The maximum atomic E-state index is 5.57. The van der Waals surface area contributed by atoms with Gasteiger partial charge >= 0.3 is 0 Å². The first-order valence-corrected chi connectivity index (χ1v) is 8.38. The van der Waals surface area contributed by atoms with E-state index in [1.807, 2.05) is 18.2 Å². The number of benzene rings is 1. The number of methoxy groups -OCH3 is 1. The molecule has 1 unspecified atom stereocenters. The number of ether oxygens (including phenoxy) is 1. The molecule has 0 spiro atoms. The number of nitrogens with one attached hydrogen (secondary N) is 2. The lowest BCUT2D eigenvalue weighted by molar-refractivity contribution is 0.106. The Morgan fingerprint density at radius 2 is 2.05 bits per heavy atom. The molecule has 22 heavy (non-hydrogen) atoms. The second-order valence-electron chi connectivity index (χ2n) is 4.84. The molecule has 0 aliphatic rings. The maximum Gasteiger partial charge on any atom is 0.191 e. The van der Waals surface area contributed by atoms with Gasteiger partial charge in [-0.05, 0) is 34.9 Å². The first-order chi connectivity index (χ1) is 10.8. The smallest absolute Gasteiger partial charge is 0.191 e. The summed E-state index contributed by atoms with van der Waals surface area (Å²) in [5.41, 5.74) is 2.39. The molecule has 0 amide bonds. The van der Waals surface area contributed by atoms with E-state index in [0.29, 0.717) is 13.1 Å². The van der Waals surface area contributed by atoms with E-state index in [1.54, 1.807) is 18.4 Å². The van der Waals surface area contributed by atoms with Crippen molar-refractivity contribution in [2.24, 2.45) is 4.99 Å². The minimum atomic E-state index is 0.00574. The average molecular weight is 317 g/mol. The summed E-state index contributed by atoms with van der Waals surface area (Å²) in [6, 6.07) is 12.3. The zero-order chi connectivity index (χ0) is 15.6. The first kappa shape index (κ1) is 16.5. The van der Waals surface area contributed by atoms with Gasteiger partial charge in [-0.15, -0.1) is 0 Å². The van der Waals surface area contributed by atoms with E-state index in [9.17, 15) is 0 Å². The van der Waals surface area contributed by atoms with E-state index in [0.717, 1.165) is 18.1 Å². The van der Waals surface area contributed by atoms with Crippen molar-refractivity contribution in [3.63, 3.8) is 0 Å². The van der Waals surface area contributed by atoms with Crippen LogP contribution in [0.15, 0.2) is 52.2 Å². The zero-order valence-corrected chi connectivity index (χ0v) is 13.9. The van der Waals surface area contributed by atoms with E-state index in [1.165, 1.54) is 5.56 Å². The van der Waals surface area contributed by atoms with Crippen molar-refractivity contribution >= 4 is 17.3 Å². The summed E-state index contributed by atoms with van der Waals surface area (Å²) in [5, 5.41) is 10.8. The Bertz CT molecular complexity index is 555. The summed E-state index contributed by atoms with van der Waals surface area (Å²) in [5.74, 6) is 0.812. The van der Waals surface area contributed by atoms with E-state index < -0.39 is 0 Å². The third kappa shape index (κ3) is 5.16. The molecule has 1 atom stereocenters. The molecule has 0 aliphatic heterocycles. The summed E-state index contributed by atoms with van der Waals surface area (Å²) in [4.78, 5) is 4.60. The van der Waals surface area contributed by atoms with Gasteiger partial charge in [-0.2, -0.15) is 11.3 Å². The Hall–Kier alpha value is -1.85. The van der Waals surface area contributed by atoms with Gasteiger partial charge in [-0.1, -0.05) is 30.3 Å². The Morgan fingerprint density at radius 1 is 1.23 bits per heavy atom. The minimum Gasteiger partial charge on any atom is -0.375 e. The van der Waals surface area contributed by atoms with Crippen LogP contribution < -0.4 is 10.6 Å². The van der Waals surface area contributed by atoms with Crippen LogP contribution in [0.25, 0.3) is 0 Å². The van der Waals surface area contributed by atoms with Gasteiger partial charge in [0.15, 0.2) is 5.96 Å². The normalized spacial score (nSPS) is 12.9. The van der Waals surface area contributed by atoms with Crippen molar-refractivity contribution in [1.29, 1.82) is 0 Å². The molecule has 0 radical (unpaired) electrons. The van der Waals surface area contributed by atoms with Crippen LogP contribution in [0.2, 0.25) is 0 Å². The van der Waals surface area contributed by atoms with E-state index in [-0.39, 0.29) is 6.10 Å². The Labute approximate surface area is 136 Å². The van der Waals surface area contributed by atoms with Gasteiger partial charge in [-0.3, -0.25) is 0 Å². The Kier molecular flexibility index (Phi) is 6.93. The molecule has 1 aromatic carbocycles. The van der Waals surface area contributed by atoms with Crippen molar-refractivity contribution in [2.45, 2.75) is 19.6 Å². The van der Waals surface area contributed by atoms with Gasteiger partial charge < -0.3 is 15.4 Å². The number of nitrogens with zero attached hydrogens (tertiary/aromatic N) is 1. The second-order valence-corrected chi connectivity index (χ2v) is 5.62. The quantitative estimate of drug-likeness (QED) is 0.609. The molecule has 0 aliphatic carbocycles. The molecule has 5 heteroatoms. The highest BCUT2D eigenvalue weighted by molar-refractivity contribution is 7.07. The largest absolute Gasteiger partial charge is 0.375 e. The lowest BCUT2D eigenvalue weighted by atomic mass is 10.1. The van der Waals surface area contributed by atoms with Crippen molar-refractivity contribution in [1.82, 2.24) is 10.6 Å². The number of hydrogen-bond acceptors (Lipinski definition) is 3. The van der Waals surface area contributed by atoms with E-state index in [4.69, 9.17) is 4.74 Å². The van der Waals surface area contributed by atoms with Gasteiger partial charge in [0.1, 0.15) is 0 Å². The second kappa shape index (κ2) is 9.23. The molecular weight excluding hydrogens is 294 g/mol. The summed E-state index contributed by atoms with van der Waals surface area (Å²) in [6.07, 6.45) is 0.00574. The predicted octanol–water partition coefficient (Wildman–Crippen LogP) is 3.19. The fourth-order valence-corrected chi connectivity index (χ4v) is 2.75. The topological polar surface area (TPSA) is 45.7 Å². The standard InChI is InChI=1S/C17H23N3OS/c1-3-18-17(19-11-14-9-10-22-13-14)20-12-16(21-2)15-7-5-4-6-8-15/h4-10,13,16H,3,11-12H2,1-2H3,(H2,18,19,20). The van der Waals surface area contributed by atoms with Crippen LogP contribution in [0.3, 0.4) is 0 Å². The molecule has 4 nitrogen and oxygen atoms in total. The highest BCUT2D eigenvalue weighted by atomic mass is 32.1. The number of hydrogen-bond donors (Lipinski definition) is 2. The monoisotopic (exact) mass is 317 g/mol. The highest BCUT2D eigenvalue weighted by Gasteiger charge is 2.10. The zero-order valence-electron chi connectivity index (χ0n) is 13.1. The summed E-state index contributed by atoms with van der Waals surface area (Å²) in [6.45, 7) is 4.25. The lowest BCUT2D eigenvalue weighted by Gasteiger charge is -2.18. The van der Waals surface area contributed by atoms with Gasteiger partial charge in [0.05, 0.1) is 12.6 Å². The van der Waals surface area contributed by atoms with Gasteiger partial charge in [-0.25, -0.2) is 4.99 Å². The third-order valence-corrected chi connectivity index (χ3v) is 3.99. The molecule has 1 aromatic heterocycles. The lowest BCUT2D eigenvalue weighted by Crippen LogP contribution is -2.39. The molecule has 0 bridgehead atoms. The van der Waals surface area contributed by atoms with Crippen LogP contribution in [0.5, 0.6) is 0 Å². The molecule has 1 heterocycles. The molecule has 118 valence electrons. The first-order valence-electron chi connectivity index (χ1n) is 7.44. The maximum absolute atomic E-state index is 5.57. The minimum absolute atomic E-state index is 0.00574. The average Bonchev–Trinajstić information content (AvgIpc) is 3.07. The van der Waals surface area contributed by atoms with Crippen molar-refractivity contribution in [3.8, 4) is 0 Å². The van der Waals surface area contributed by atoms with Crippen molar-refractivity contribution < 1.29 is 4.74 Å². The highest BCUT2D eigenvalue weighted by Crippen LogP contribution is 2.14. The SMILES string of the molecule is CCNC(=NCc1ccsc1)NCC(OC)c1ccccc1. The summed E-state index contributed by atoms with van der Waals surface area (Å²) >= 11 is 1.69. The fraction of sp³-hybridized carbons (Fsp3) is 0.353. The Balaban J connectivity index is 1.93.